The lowest BCUT2D eigenvalue weighted by Crippen LogP contribution is -2.51. The topological polar surface area (TPSA) is 84.0 Å². The predicted octanol–water partition coefficient (Wildman–Crippen LogP) is 1.17. The molecule has 0 spiro atoms. The summed E-state index contributed by atoms with van der Waals surface area (Å²) in [7, 11) is -3.95. The number of rotatable bonds is 5. The molecule has 26 heavy (non-hydrogen) atoms. The van der Waals surface area contributed by atoms with E-state index in [4.69, 9.17) is 4.74 Å². The Morgan fingerprint density at radius 3 is 2.35 bits per heavy atom. The average Bonchev–Trinajstić information content (AvgIpc) is 2.59. The smallest absolute Gasteiger partial charge is 0.331 e. The lowest BCUT2D eigenvalue weighted by Gasteiger charge is -2.33. The van der Waals surface area contributed by atoms with Crippen molar-refractivity contribution in [2.45, 2.75) is 18.7 Å². The molecule has 1 saturated heterocycles. The van der Waals surface area contributed by atoms with E-state index in [1.54, 1.807) is 13.8 Å². The summed E-state index contributed by atoms with van der Waals surface area (Å²) in [4.78, 5) is 24.5. The van der Waals surface area contributed by atoms with E-state index >= 15 is 0 Å². The van der Waals surface area contributed by atoms with Crippen LogP contribution in [0.4, 0.5) is 4.39 Å². The summed E-state index contributed by atoms with van der Waals surface area (Å²) < 4.78 is 44.8. The molecule has 1 aliphatic rings. The zero-order valence-electron chi connectivity index (χ0n) is 14.6. The van der Waals surface area contributed by atoms with E-state index < -0.39 is 34.3 Å². The lowest BCUT2D eigenvalue weighted by atomic mass is 10.3. The van der Waals surface area contributed by atoms with Crippen molar-refractivity contribution in [1.82, 2.24) is 9.21 Å². The molecular weight excluding hydrogens is 363 g/mol. The third-order valence-corrected chi connectivity index (χ3v) is 5.72. The molecule has 1 amide bonds. The second kappa shape index (κ2) is 8.41. The average molecular weight is 384 g/mol. The molecule has 0 N–H and O–H groups in total. The molecule has 7 nitrogen and oxygen atoms in total. The highest BCUT2D eigenvalue weighted by Crippen LogP contribution is 2.20. The summed E-state index contributed by atoms with van der Waals surface area (Å²) in [5, 5.41) is 0. The van der Waals surface area contributed by atoms with Gasteiger partial charge in [0.25, 0.3) is 5.91 Å². The molecule has 1 aromatic carbocycles. The van der Waals surface area contributed by atoms with Gasteiger partial charge in [-0.05, 0) is 26.0 Å². The van der Waals surface area contributed by atoms with Gasteiger partial charge in [0, 0.05) is 32.3 Å². The third kappa shape index (κ3) is 4.89. The Labute approximate surface area is 152 Å². The van der Waals surface area contributed by atoms with Crippen molar-refractivity contribution in [3.8, 4) is 0 Å². The van der Waals surface area contributed by atoms with Gasteiger partial charge in [-0.25, -0.2) is 17.6 Å². The van der Waals surface area contributed by atoms with Crippen molar-refractivity contribution in [3.63, 3.8) is 0 Å². The second-order valence-corrected chi connectivity index (χ2v) is 7.95. The monoisotopic (exact) mass is 384 g/mol. The minimum Gasteiger partial charge on any atom is -0.452 e. The van der Waals surface area contributed by atoms with Crippen LogP contribution in [0.25, 0.3) is 0 Å². The molecule has 0 atom stereocenters. The first-order valence-electron chi connectivity index (χ1n) is 8.06. The number of carbonyl (C=O) groups excluding carboxylic acids is 2. The summed E-state index contributed by atoms with van der Waals surface area (Å²) in [6.45, 7) is 3.45. The van der Waals surface area contributed by atoms with Crippen LogP contribution in [0.5, 0.6) is 0 Å². The molecule has 142 valence electrons. The number of halogens is 1. The van der Waals surface area contributed by atoms with Crippen LogP contribution in [-0.4, -0.2) is 62.3 Å². The number of hydrogen-bond acceptors (Lipinski definition) is 5. The van der Waals surface area contributed by atoms with E-state index in [-0.39, 0.29) is 31.1 Å². The van der Waals surface area contributed by atoms with Gasteiger partial charge in [-0.3, -0.25) is 4.79 Å². The van der Waals surface area contributed by atoms with Crippen molar-refractivity contribution in [1.29, 1.82) is 0 Å². The van der Waals surface area contributed by atoms with Crippen LogP contribution in [0.1, 0.15) is 13.8 Å². The molecular formula is C17H21FN2O5S. The molecule has 1 aromatic rings. The van der Waals surface area contributed by atoms with Gasteiger partial charge in [0.05, 0.1) is 0 Å². The summed E-state index contributed by atoms with van der Waals surface area (Å²) in [6.07, 6.45) is 1.28. The summed E-state index contributed by atoms with van der Waals surface area (Å²) in [5.41, 5.74) is 0.759. The SMILES string of the molecule is CC(C)=CC(=O)OCC(=O)N1CCN(S(=O)(=O)c2ccccc2F)CC1. The summed E-state index contributed by atoms with van der Waals surface area (Å²) in [5.74, 6) is -1.81. The van der Waals surface area contributed by atoms with Crippen LogP contribution in [-0.2, 0) is 24.3 Å². The highest BCUT2D eigenvalue weighted by Gasteiger charge is 2.31. The van der Waals surface area contributed by atoms with Crippen molar-refractivity contribution >= 4 is 21.9 Å². The number of esters is 1. The van der Waals surface area contributed by atoms with E-state index in [0.717, 1.165) is 15.9 Å². The number of allylic oxidation sites excluding steroid dienone is 1. The second-order valence-electron chi connectivity index (χ2n) is 6.04. The molecule has 0 aromatic heterocycles. The van der Waals surface area contributed by atoms with Gasteiger partial charge in [-0.15, -0.1) is 0 Å². The number of sulfonamides is 1. The van der Waals surface area contributed by atoms with E-state index in [0.29, 0.717) is 0 Å². The number of amides is 1. The first-order chi connectivity index (χ1) is 12.2. The van der Waals surface area contributed by atoms with E-state index in [1.165, 1.54) is 29.2 Å². The predicted molar refractivity (Wildman–Crippen MR) is 92.1 cm³/mol. The Morgan fingerprint density at radius 1 is 1.15 bits per heavy atom. The summed E-state index contributed by atoms with van der Waals surface area (Å²) in [6, 6.07) is 5.18. The number of hydrogen-bond donors (Lipinski definition) is 0. The molecule has 1 aliphatic heterocycles. The molecule has 1 fully saturated rings. The van der Waals surface area contributed by atoms with Crippen molar-refractivity contribution in [2.75, 3.05) is 32.8 Å². The Balaban J connectivity index is 1.92. The van der Waals surface area contributed by atoms with E-state index in [2.05, 4.69) is 0 Å². The number of benzene rings is 1. The Bertz CT molecular complexity index is 810. The van der Waals surface area contributed by atoms with Crippen LogP contribution in [0.2, 0.25) is 0 Å². The first kappa shape index (κ1) is 20.1. The fourth-order valence-corrected chi connectivity index (χ4v) is 3.96. The zero-order valence-corrected chi connectivity index (χ0v) is 15.5. The highest BCUT2D eigenvalue weighted by atomic mass is 32.2. The maximum absolute atomic E-state index is 13.8. The molecule has 0 radical (unpaired) electrons. The maximum Gasteiger partial charge on any atom is 0.331 e. The fourth-order valence-electron chi connectivity index (χ4n) is 2.47. The minimum absolute atomic E-state index is 0.0460. The van der Waals surface area contributed by atoms with Crippen molar-refractivity contribution in [3.05, 3.63) is 41.7 Å². The quantitative estimate of drug-likeness (QED) is 0.562. The van der Waals surface area contributed by atoms with E-state index in [1.807, 2.05) is 0 Å². The van der Waals surface area contributed by atoms with Gasteiger partial charge >= 0.3 is 5.97 Å². The maximum atomic E-state index is 13.8. The van der Waals surface area contributed by atoms with Crippen LogP contribution >= 0.6 is 0 Å². The van der Waals surface area contributed by atoms with Crippen LogP contribution < -0.4 is 0 Å². The van der Waals surface area contributed by atoms with Gasteiger partial charge in [-0.2, -0.15) is 4.31 Å². The molecule has 2 rings (SSSR count). The minimum atomic E-state index is -3.95. The van der Waals surface area contributed by atoms with Crippen LogP contribution in [0.3, 0.4) is 0 Å². The largest absolute Gasteiger partial charge is 0.452 e. The third-order valence-electron chi connectivity index (χ3n) is 3.79. The van der Waals surface area contributed by atoms with Gasteiger partial charge in [-0.1, -0.05) is 17.7 Å². The number of nitrogens with zero attached hydrogens (tertiary/aromatic N) is 2. The molecule has 0 bridgehead atoms. The molecule has 1 heterocycles. The van der Waals surface area contributed by atoms with Crippen molar-refractivity contribution < 1.29 is 27.1 Å². The normalized spacial score (nSPS) is 15.4. The molecule has 0 aliphatic carbocycles. The zero-order chi connectivity index (χ0) is 19.3. The van der Waals surface area contributed by atoms with Gasteiger partial charge in [0.15, 0.2) is 6.61 Å². The first-order valence-corrected chi connectivity index (χ1v) is 9.50. The number of carbonyl (C=O) groups is 2. The molecule has 0 unspecified atom stereocenters. The van der Waals surface area contributed by atoms with Gasteiger partial charge in [0.1, 0.15) is 10.7 Å². The molecule has 9 heteroatoms. The number of ether oxygens (including phenoxy) is 1. The highest BCUT2D eigenvalue weighted by molar-refractivity contribution is 7.89. The Morgan fingerprint density at radius 2 is 1.77 bits per heavy atom. The number of piperazine rings is 1. The Hall–Kier alpha value is -2.26. The van der Waals surface area contributed by atoms with Crippen LogP contribution in [0, 0.1) is 5.82 Å². The van der Waals surface area contributed by atoms with Gasteiger partial charge in [0.2, 0.25) is 10.0 Å². The Kier molecular flexibility index (Phi) is 6.49. The standard InChI is InChI=1S/C17H21FN2O5S/c1-13(2)11-17(22)25-12-16(21)19-7-9-20(10-8-19)26(23,24)15-6-4-3-5-14(15)18/h3-6,11H,7-10,12H2,1-2H3. The van der Waals surface area contributed by atoms with E-state index in [9.17, 15) is 22.4 Å². The summed E-state index contributed by atoms with van der Waals surface area (Å²) >= 11 is 0. The van der Waals surface area contributed by atoms with Crippen molar-refractivity contribution in [2.24, 2.45) is 0 Å². The molecule has 0 saturated carbocycles. The fraction of sp³-hybridized carbons (Fsp3) is 0.412. The lowest BCUT2D eigenvalue weighted by molar-refractivity contribution is -0.148. The van der Waals surface area contributed by atoms with Crippen LogP contribution in [0.15, 0.2) is 40.8 Å². The van der Waals surface area contributed by atoms with Gasteiger partial charge < -0.3 is 9.64 Å².